The van der Waals surface area contributed by atoms with Crippen molar-refractivity contribution in [1.82, 2.24) is 20.0 Å². The molecule has 4 saturated carbocycles. The molecule has 6 rings (SSSR count). The van der Waals surface area contributed by atoms with Gasteiger partial charge < -0.3 is 4.42 Å². The number of rotatable bonds is 4. The van der Waals surface area contributed by atoms with E-state index < -0.39 is 0 Å². The first-order chi connectivity index (χ1) is 11.2. The van der Waals surface area contributed by atoms with E-state index in [0.29, 0.717) is 0 Å². The summed E-state index contributed by atoms with van der Waals surface area (Å²) in [6, 6.07) is 0. The van der Waals surface area contributed by atoms with Crippen molar-refractivity contribution in [3.8, 4) is 0 Å². The molecule has 4 fully saturated rings. The molecule has 0 aliphatic heterocycles. The Labute approximate surface area is 144 Å². The van der Waals surface area contributed by atoms with Gasteiger partial charge in [-0.1, -0.05) is 0 Å². The molecule has 0 spiro atoms. The van der Waals surface area contributed by atoms with Crippen molar-refractivity contribution < 1.29 is 4.42 Å². The van der Waals surface area contributed by atoms with Gasteiger partial charge in [0.25, 0.3) is 0 Å². The van der Waals surface area contributed by atoms with Crippen LogP contribution in [-0.4, -0.2) is 20.0 Å². The molecule has 4 aliphatic rings. The highest BCUT2D eigenvalue weighted by atomic mass is 79.9. The third-order valence-electron chi connectivity index (χ3n) is 6.12. The van der Waals surface area contributed by atoms with E-state index in [1.807, 2.05) is 10.9 Å². The molecule has 6 heteroatoms. The smallest absolute Gasteiger partial charge is 0.222 e. The van der Waals surface area contributed by atoms with E-state index >= 15 is 0 Å². The van der Waals surface area contributed by atoms with Gasteiger partial charge >= 0.3 is 0 Å². The zero-order valence-electron chi connectivity index (χ0n) is 13.1. The molecule has 0 saturated heterocycles. The van der Waals surface area contributed by atoms with Crippen molar-refractivity contribution in [2.45, 2.75) is 56.9 Å². The average Bonchev–Trinajstić information content (AvgIpc) is 3.13. The first kappa shape index (κ1) is 14.2. The Hall–Kier alpha value is -1.17. The van der Waals surface area contributed by atoms with Crippen LogP contribution in [0, 0.1) is 17.8 Å². The van der Waals surface area contributed by atoms with Gasteiger partial charge in [-0.15, -0.1) is 10.2 Å². The van der Waals surface area contributed by atoms with E-state index in [-0.39, 0.29) is 5.41 Å². The summed E-state index contributed by atoms with van der Waals surface area (Å²) < 4.78 is 9.02. The molecule has 2 aromatic rings. The lowest BCUT2D eigenvalue weighted by molar-refractivity contribution is -0.0182. The normalized spacial score (nSPS) is 35.1. The molecule has 5 nitrogen and oxygen atoms in total. The van der Waals surface area contributed by atoms with Crippen LogP contribution in [-0.2, 0) is 18.4 Å². The topological polar surface area (TPSA) is 56.7 Å². The van der Waals surface area contributed by atoms with Gasteiger partial charge in [0.05, 0.1) is 10.7 Å². The summed E-state index contributed by atoms with van der Waals surface area (Å²) in [6.45, 7) is 0.772. The van der Waals surface area contributed by atoms with Gasteiger partial charge in [0.1, 0.15) is 0 Å². The van der Waals surface area contributed by atoms with Gasteiger partial charge in [-0.2, -0.15) is 5.10 Å². The van der Waals surface area contributed by atoms with E-state index in [4.69, 9.17) is 4.42 Å². The van der Waals surface area contributed by atoms with Crippen LogP contribution in [0.5, 0.6) is 0 Å². The minimum atomic E-state index is 0.203. The molecule has 2 aromatic heterocycles. The van der Waals surface area contributed by atoms with Crippen LogP contribution in [0.3, 0.4) is 0 Å². The zero-order chi connectivity index (χ0) is 15.4. The number of aromatic nitrogens is 4. The Bertz CT molecular complexity index is 686. The van der Waals surface area contributed by atoms with Crippen LogP contribution in [0.4, 0.5) is 0 Å². The van der Waals surface area contributed by atoms with E-state index in [9.17, 15) is 0 Å². The maximum Gasteiger partial charge on any atom is 0.222 e. The molecule has 0 radical (unpaired) electrons. The van der Waals surface area contributed by atoms with Crippen LogP contribution < -0.4 is 0 Å². The van der Waals surface area contributed by atoms with Gasteiger partial charge in [-0.3, -0.25) is 4.68 Å². The van der Waals surface area contributed by atoms with E-state index in [0.717, 1.165) is 47.0 Å². The molecule has 0 unspecified atom stereocenters. The molecule has 0 N–H and O–H groups in total. The highest BCUT2D eigenvalue weighted by Crippen LogP contribution is 2.60. The summed E-state index contributed by atoms with van der Waals surface area (Å²) in [5.41, 5.74) is 0.203. The number of aryl methyl sites for hydroxylation is 2. The lowest BCUT2D eigenvalue weighted by Gasteiger charge is -2.55. The monoisotopic (exact) mass is 376 g/mol. The quantitative estimate of drug-likeness (QED) is 0.815. The molecule has 122 valence electrons. The van der Waals surface area contributed by atoms with Gasteiger partial charge in [0.2, 0.25) is 11.8 Å². The molecule has 23 heavy (non-hydrogen) atoms. The lowest BCUT2D eigenvalue weighted by atomic mass is 9.49. The number of hydrogen-bond acceptors (Lipinski definition) is 4. The SMILES string of the molecule is Brc1cnn(CCc2nnc(C34CC5CC(CC(C5)C3)C4)o2)c1. The van der Waals surface area contributed by atoms with Gasteiger partial charge in [0.15, 0.2) is 0 Å². The van der Waals surface area contributed by atoms with E-state index in [1.54, 1.807) is 6.20 Å². The maximum absolute atomic E-state index is 6.12. The van der Waals surface area contributed by atoms with E-state index in [2.05, 4.69) is 31.2 Å². The highest BCUT2D eigenvalue weighted by Gasteiger charge is 2.54. The number of nitrogens with zero attached hydrogens (tertiary/aromatic N) is 4. The van der Waals surface area contributed by atoms with Crippen molar-refractivity contribution in [2.75, 3.05) is 0 Å². The third kappa shape index (κ3) is 2.46. The summed E-state index contributed by atoms with van der Waals surface area (Å²) in [5, 5.41) is 13.1. The molecular formula is C17H21BrN4O. The Morgan fingerprint density at radius 3 is 2.43 bits per heavy atom. The van der Waals surface area contributed by atoms with Crippen LogP contribution in [0.1, 0.15) is 50.3 Å². The molecule has 0 amide bonds. The zero-order valence-corrected chi connectivity index (χ0v) is 14.7. The summed E-state index contributed by atoms with van der Waals surface area (Å²) in [6.07, 6.45) is 12.6. The van der Waals surface area contributed by atoms with Gasteiger partial charge in [-0.25, -0.2) is 0 Å². The van der Waals surface area contributed by atoms with Crippen molar-refractivity contribution >= 4 is 15.9 Å². The lowest BCUT2D eigenvalue weighted by Crippen LogP contribution is -2.48. The van der Waals surface area contributed by atoms with Crippen molar-refractivity contribution in [1.29, 1.82) is 0 Å². The maximum atomic E-state index is 6.12. The summed E-state index contributed by atoms with van der Waals surface area (Å²) in [5.74, 6) is 4.38. The molecule has 4 aliphatic carbocycles. The molecule has 2 heterocycles. The first-order valence-corrected chi connectivity index (χ1v) is 9.49. The predicted octanol–water partition coefficient (Wildman–Crippen LogP) is 3.74. The summed E-state index contributed by atoms with van der Waals surface area (Å²) in [4.78, 5) is 0. The van der Waals surface area contributed by atoms with Crippen LogP contribution in [0.25, 0.3) is 0 Å². The van der Waals surface area contributed by atoms with Gasteiger partial charge in [-0.05, 0) is 72.2 Å². The van der Waals surface area contributed by atoms with Gasteiger partial charge in [0, 0.05) is 24.6 Å². The predicted molar refractivity (Wildman–Crippen MR) is 87.8 cm³/mol. The second-order valence-corrected chi connectivity index (χ2v) is 8.79. The molecule has 0 atom stereocenters. The Kier molecular flexibility index (Phi) is 3.19. The standard InChI is InChI=1S/C17H21BrN4O/c18-14-9-19-22(10-14)2-1-15-20-21-16(23-15)17-6-11-3-12(7-17)5-13(4-11)8-17/h9-13H,1-8H2. The fourth-order valence-electron chi connectivity index (χ4n) is 5.61. The second-order valence-electron chi connectivity index (χ2n) is 7.87. The van der Waals surface area contributed by atoms with Crippen LogP contribution in [0.2, 0.25) is 0 Å². The van der Waals surface area contributed by atoms with Crippen LogP contribution >= 0.6 is 15.9 Å². The average molecular weight is 377 g/mol. The number of halogens is 1. The van der Waals surface area contributed by atoms with Crippen molar-refractivity contribution in [3.63, 3.8) is 0 Å². The highest BCUT2D eigenvalue weighted by molar-refractivity contribution is 9.10. The first-order valence-electron chi connectivity index (χ1n) is 8.69. The fraction of sp³-hybridized carbons (Fsp3) is 0.706. The largest absolute Gasteiger partial charge is 0.425 e. The number of hydrogen-bond donors (Lipinski definition) is 0. The minimum absolute atomic E-state index is 0.203. The van der Waals surface area contributed by atoms with Crippen molar-refractivity contribution in [2.24, 2.45) is 17.8 Å². The molecular weight excluding hydrogens is 356 g/mol. The third-order valence-corrected chi connectivity index (χ3v) is 6.52. The molecule has 4 bridgehead atoms. The van der Waals surface area contributed by atoms with E-state index in [1.165, 1.54) is 38.5 Å². The second kappa shape index (κ2) is 5.16. The van der Waals surface area contributed by atoms with Crippen molar-refractivity contribution in [3.05, 3.63) is 28.6 Å². The fourth-order valence-corrected chi connectivity index (χ4v) is 5.94. The Morgan fingerprint density at radius 1 is 1.13 bits per heavy atom. The minimum Gasteiger partial charge on any atom is -0.425 e. The van der Waals surface area contributed by atoms with Crippen LogP contribution in [0.15, 0.2) is 21.3 Å². The Morgan fingerprint density at radius 2 is 1.83 bits per heavy atom. The summed E-state index contributed by atoms with van der Waals surface area (Å²) in [7, 11) is 0. The summed E-state index contributed by atoms with van der Waals surface area (Å²) >= 11 is 3.42. The molecule has 0 aromatic carbocycles. The Balaban J connectivity index is 1.33.